The SMILES string of the molecule is Cc1c(Cl)cccc1N(CC(=O)N(Cc1ccc(F)cc1)C(C)C(=O)NC(C)C)S(C)(=O)=O. The third kappa shape index (κ3) is 7.17. The predicted octanol–water partition coefficient (Wildman–Crippen LogP) is 3.50. The van der Waals surface area contributed by atoms with Crippen LogP contribution < -0.4 is 9.62 Å². The fourth-order valence-corrected chi connectivity index (χ4v) is 4.30. The standard InChI is InChI=1S/C23H29ClFN3O4S/c1-15(2)26-23(30)17(4)27(13-18-9-11-19(25)12-10-18)22(29)14-28(33(5,31)32)21-8-6-7-20(24)16(21)3/h6-12,15,17H,13-14H2,1-5H3,(H,26,30). The van der Waals surface area contributed by atoms with Crippen LogP contribution in [0.15, 0.2) is 42.5 Å². The lowest BCUT2D eigenvalue weighted by atomic mass is 10.1. The summed E-state index contributed by atoms with van der Waals surface area (Å²) >= 11 is 6.17. The minimum Gasteiger partial charge on any atom is -0.352 e. The monoisotopic (exact) mass is 497 g/mol. The lowest BCUT2D eigenvalue weighted by Gasteiger charge is -2.32. The molecule has 2 rings (SSSR count). The summed E-state index contributed by atoms with van der Waals surface area (Å²) in [5.41, 5.74) is 1.38. The molecule has 1 atom stereocenters. The van der Waals surface area contributed by atoms with E-state index in [1.54, 1.807) is 45.9 Å². The second-order valence-corrected chi connectivity index (χ2v) is 10.5. The normalized spacial score (nSPS) is 12.4. The molecule has 2 aromatic carbocycles. The van der Waals surface area contributed by atoms with Crippen LogP contribution in [-0.2, 0) is 26.2 Å². The predicted molar refractivity (Wildman–Crippen MR) is 128 cm³/mol. The van der Waals surface area contributed by atoms with Gasteiger partial charge in [-0.15, -0.1) is 0 Å². The van der Waals surface area contributed by atoms with Crippen molar-refractivity contribution >= 4 is 39.1 Å². The van der Waals surface area contributed by atoms with Gasteiger partial charge in [-0.05, 0) is 63.1 Å². The number of hydrogen-bond donors (Lipinski definition) is 1. The van der Waals surface area contributed by atoms with Crippen LogP contribution in [0.3, 0.4) is 0 Å². The van der Waals surface area contributed by atoms with E-state index in [9.17, 15) is 22.4 Å². The van der Waals surface area contributed by atoms with Gasteiger partial charge in [0.25, 0.3) is 0 Å². The molecule has 0 saturated heterocycles. The maximum atomic E-state index is 13.4. The molecule has 0 bridgehead atoms. The van der Waals surface area contributed by atoms with Crippen molar-refractivity contribution in [3.63, 3.8) is 0 Å². The van der Waals surface area contributed by atoms with Crippen LogP contribution in [0.25, 0.3) is 0 Å². The maximum absolute atomic E-state index is 13.4. The van der Waals surface area contributed by atoms with Crippen LogP contribution in [0.4, 0.5) is 10.1 Å². The Morgan fingerprint density at radius 2 is 1.70 bits per heavy atom. The topological polar surface area (TPSA) is 86.8 Å². The molecule has 180 valence electrons. The first-order valence-electron chi connectivity index (χ1n) is 10.4. The number of halogens is 2. The molecular weight excluding hydrogens is 469 g/mol. The first kappa shape index (κ1) is 26.6. The number of nitrogens with one attached hydrogen (secondary N) is 1. The minimum absolute atomic E-state index is 0.00206. The zero-order chi connectivity index (χ0) is 24.9. The number of rotatable bonds is 9. The van der Waals surface area contributed by atoms with Crippen molar-refractivity contribution in [2.24, 2.45) is 0 Å². The quantitative estimate of drug-likeness (QED) is 0.574. The molecule has 1 unspecified atom stereocenters. The molecule has 0 radical (unpaired) electrons. The van der Waals surface area contributed by atoms with E-state index in [-0.39, 0.29) is 24.2 Å². The fraction of sp³-hybridized carbons (Fsp3) is 0.391. The Hall–Kier alpha value is -2.65. The van der Waals surface area contributed by atoms with E-state index >= 15 is 0 Å². The lowest BCUT2D eigenvalue weighted by molar-refractivity contribution is -0.139. The first-order valence-corrected chi connectivity index (χ1v) is 12.6. The molecular formula is C23H29ClFN3O4S. The summed E-state index contributed by atoms with van der Waals surface area (Å²) in [6.07, 6.45) is 1.000. The Morgan fingerprint density at radius 3 is 2.24 bits per heavy atom. The van der Waals surface area contributed by atoms with E-state index in [1.165, 1.54) is 29.2 Å². The van der Waals surface area contributed by atoms with Crippen molar-refractivity contribution in [2.45, 2.75) is 46.3 Å². The second-order valence-electron chi connectivity index (χ2n) is 8.14. The third-order valence-electron chi connectivity index (χ3n) is 5.05. The van der Waals surface area contributed by atoms with Crippen LogP contribution >= 0.6 is 11.6 Å². The van der Waals surface area contributed by atoms with Crippen molar-refractivity contribution in [1.29, 1.82) is 0 Å². The molecule has 2 amide bonds. The fourth-order valence-electron chi connectivity index (χ4n) is 3.24. The molecule has 0 fully saturated rings. The summed E-state index contributed by atoms with van der Waals surface area (Å²) in [7, 11) is -3.85. The van der Waals surface area contributed by atoms with Gasteiger partial charge in [0.15, 0.2) is 0 Å². The molecule has 0 aliphatic carbocycles. The van der Waals surface area contributed by atoms with Gasteiger partial charge in [0.1, 0.15) is 18.4 Å². The van der Waals surface area contributed by atoms with Gasteiger partial charge in [-0.2, -0.15) is 0 Å². The van der Waals surface area contributed by atoms with Crippen molar-refractivity contribution < 1.29 is 22.4 Å². The molecule has 0 aromatic heterocycles. The van der Waals surface area contributed by atoms with E-state index in [0.717, 1.165) is 10.6 Å². The van der Waals surface area contributed by atoms with Crippen molar-refractivity contribution in [2.75, 3.05) is 17.1 Å². The zero-order valence-electron chi connectivity index (χ0n) is 19.3. The van der Waals surface area contributed by atoms with Crippen molar-refractivity contribution in [1.82, 2.24) is 10.2 Å². The molecule has 0 heterocycles. The Morgan fingerprint density at radius 1 is 1.09 bits per heavy atom. The summed E-state index contributed by atoms with van der Waals surface area (Å²) < 4.78 is 39.5. The Bertz CT molecular complexity index is 1110. The number of nitrogens with zero attached hydrogens (tertiary/aromatic N) is 2. The van der Waals surface area contributed by atoms with Gasteiger partial charge in [0, 0.05) is 17.6 Å². The summed E-state index contributed by atoms with van der Waals surface area (Å²) in [4.78, 5) is 27.4. The largest absolute Gasteiger partial charge is 0.352 e. The molecule has 7 nitrogen and oxygen atoms in total. The molecule has 10 heteroatoms. The van der Waals surface area contributed by atoms with Crippen molar-refractivity contribution in [3.8, 4) is 0 Å². The van der Waals surface area contributed by atoms with Crippen LogP contribution in [0.5, 0.6) is 0 Å². The molecule has 2 aromatic rings. The summed E-state index contributed by atoms with van der Waals surface area (Å²) in [5.74, 6) is -1.40. The Kier molecular flexibility index (Phi) is 8.85. The smallest absolute Gasteiger partial charge is 0.244 e. The van der Waals surface area contributed by atoms with Crippen LogP contribution in [0.1, 0.15) is 31.9 Å². The number of carbonyl (C=O) groups excluding carboxylic acids is 2. The average Bonchev–Trinajstić information content (AvgIpc) is 2.72. The number of anilines is 1. The molecule has 0 saturated carbocycles. The molecule has 0 aliphatic heterocycles. The first-order chi connectivity index (χ1) is 15.3. The highest BCUT2D eigenvalue weighted by atomic mass is 35.5. The number of sulfonamides is 1. The minimum atomic E-state index is -3.85. The van der Waals surface area contributed by atoms with Crippen molar-refractivity contribution in [3.05, 3.63) is 64.4 Å². The van der Waals surface area contributed by atoms with Crippen LogP contribution in [-0.4, -0.2) is 50.0 Å². The van der Waals surface area contributed by atoms with Gasteiger partial charge in [-0.3, -0.25) is 13.9 Å². The third-order valence-corrected chi connectivity index (χ3v) is 6.59. The van der Waals surface area contributed by atoms with Gasteiger partial charge in [-0.25, -0.2) is 12.8 Å². The van der Waals surface area contributed by atoms with E-state index in [0.29, 0.717) is 16.1 Å². The van der Waals surface area contributed by atoms with Gasteiger partial charge in [0.2, 0.25) is 21.8 Å². The van der Waals surface area contributed by atoms with E-state index in [4.69, 9.17) is 11.6 Å². The zero-order valence-corrected chi connectivity index (χ0v) is 20.9. The van der Waals surface area contributed by atoms with Gasteiger partial charge >= 0.3 is 0 Å². The number of benzene rings is 2. The highest BCUT2D eigenvalue weighted by Gasteiger charge is 2.31. The highest BCUT2D eigenvalue weighted by molar-refractivity contribution is 7.92. The maximum Gasteiger partial charge on any atom is 0.244 e. The molecule has 1 N–H and O–H groups in total. The second kappa shape index (κ2) is 11.0. The Labute approximate surface area is 199 Å². The molecule has 0 aliphatic rings. The summed E-state index contributed by atoms with van der Waals surface area (Å²) in [6, 6.07) is 9.29. The molecule has 0 spiro atoms. The summed E-state index contributed by atoms with van der Waals surface area (Å²) in [6.45, 7) is 6.29. The Balaban J connectivity index is 2.43. The number of hydrogen-bond acceptors (Lipinski definition) is 4. The van der Waals surface area contributed by atoms with Gasteiger partial charge in [-0.1, -0.05) is 29.8 Å². The lowest BCUT2D eigenvalue weighted by Crippen LogP contribution is -2.52. The summed E-state index contributed by atoms with van der Waals surface area (Å²) in [5, 5.41) is 3.12. The van der Waals surface area contributed by atoms with Crippen LogP contribution in [0.2, 0.25) is 5.02 Å². The number of carbonyl (C=O) groups is 2. The van der Waals surface area contributed by atoms with E-state index in [1.807, 2.05) is 0 Å². The van der Waals surface area contributed by atoms with E-state index in [2.05, 4.69) is 5.32 Å². The van der Waals surface area contributed by atoms with E-state index < -0.39 is 34.3 Å². The average molecular weight is 498 g/mol. The van der Waals surface area contributed by atoms with Gasteiger partial charge in [0.05, 0.1) is 11.9 Å². The molecule has 33 heavy (non-hydrogen) atoms. The van der Waals surface area contributed by atoms with Crippen LogP contribution in [0, 0.1) is 12.7 Å². The number of amides is 2. The van der Waals surface area contributed by atoms with Gasteiger partial charge < -0.3 is 10.2 Å². The highest BCUT2D eigenvalue weighted by Crippen LogP contribution is 2.28.